The number of aliphatic hydroxyl groups is 1. The number of anilines is 1. The molecule has 0 spiro atoms. The van der Waals surface area contributed by atoms with Crippen LogP contribution in [0.5, 0.6) is 0 Å². The van der Waals surface area contributed by atoms with Gasteiger partial charge in [0.15, 0.2) is 0 Å². The maximum atomic E-state index is 9.98. The molecule has 0 saturated heterocycles. The molecule has 1 fully saturated rings. The Labute approximate surface area is 116 Å². The van der Waals surface area contributed by atoms with Gasteiger partial charge in [0.25, 0.3) is 0 Å². The highest BCUT2D eigenvalue weighted by molar-refractivity contribution is 5.60. The first-order valence-electron chi connectivity index (χ1n) is 7.64. The van der Waals surface area contributed by atoms with Crippen molar-refractivity contribution in [3.63, 3.8) is 0 Å². The number of fused-ring (bicyclic) bond motifs is 1. The van der Waals surface area contributed by atoms with E-state index in [0.717, 1.165) is 12.5 Å². The van der Waals surface area contributed by atoms with Gasteiger partial charge in [0.1, 0.15) is 0 Å². The minimum absolute atomic E-state index is 0.620. The van der Waals surface area contributed by atoms with E-state index < -0.39 is 5.60 Å². The van der Waals surface area contributed by atoms with Crippen LogP contribution in [0.15, 0.2) is 18.2 Å². The summed E-state index contributed by atoms with van der Waals surface area (Å²) in [6, 6.07) is 7.54. The molecular formula is C17H25NO. The maximum absolute atomic E-state index is 9.98. The Morgan fingerprint density at radius 3 is 2.68 bits per heavy atom. The second-order valence-corrected chi connectivity index (χ2v) is 6.83. The predicted octanol–water partition coefficient (Wildman–Crippen LogP) is 3.31. The Morgan fingerprint density at radius 2 is 2.00 bits per heavy atom. The molecule has 2 nitrogen and oxygen atoms in total. The second-order valence-electron chi connectivity index (χ2n) is 6.83. The largest absolute Gasteiger partial charge is 0.390 e. The zero-order chi connectivity index (χ0) is 13.5. The second kappa shape index (κ2) is 4.82. The highest BCUT2D eigenvalue weighted by atomic mass is 16.3. The lowest BCUT2D eigenvalue weighted by molar-refractivity contribution is 0.0810. The Kier molecular flexibility index (Phi) is 3.30. The molecule has 0 unspecified atom stereocenters. The zero-order valence-electron chi connectivity index (χ0n) is 12.2. The molecule has 1 aromatic carbocycles. The van der Waals surface area contributed by atoms with E-state index in [0.29, 0.717) is 0 Å². The van der Waals surface area contributed by atoms with Crippen molar-refractivity contribution >= 4 is 5.69 Å². The van der Waals surface area contributed by atoms with Gasteiger partial charge in [-0.3, -0.25) is 0 Å². The van der Waals surface area contributed by atoms with Crippen LogP contribution in [0.1, 0.15) is 50.7 Å². The van der Waals surface area contributed by atoms with Gasteiger partial charge in [0.05, 0.1) is 5.60 Å². The van der Waals surface area contributed by atoms with Gasteiger partial charge in [-0.05, 0) is 50.3 Å². The number of hydrogen-bond acceptors (Lipinski definition) is 2. The molecule has 1 aromatic rings. The molecule has 1 N–H and O–H groups in total. The van der Waals surface area contributed by atoms with Crippen LogP contribution in [0, 0.1) is 0 Å². The summed E-state index contributed by atoms with van der Waals surface area (Å²) in [6.07, 6.45) is 7.41. The fourth-order valence-corrected chi connectivity index (χ4v) is 3.65. The lowest BCUT2D eigenvalue weighted by Gasteiger charge is -2.27. The average Bonchev–Trinajstić information content (AvgIpc) is 2.93. The summed E-state index contributed by atoms with van der Waals surface area (Å²) in [4.78, 5) is 2.62. The van der Waals surface area contributed by atoms with Gasteiger partial charge >= 0.3 is 0 Å². The molecule has 3 rings (SSSR count). The molecule has 0 radical (unpaired) electrons. The molecule has 0 atom stereocenters. The van der Waals surface area contributed by atoms with Gasteiger partial charge in [-0.25, -0.2) is 0 Å². The zero-order valence-corrected chi connectivity index (χ0v) is 12.2. The minimum atomic E-state index is -0.620. The smallest absolute Gasteiger partial charge is 0.0631 e. The van der Waals surface area contributed by atoms with Crippen molar-refractivity contribution in [3.05, 3.63) is 29.3 Å². The quantitative estimate of drug-likeness (QED) is 0.900. The molecule has 1 aliphatic carbocycles. The molecule has 2 aliphatic rings. The fourth-order valence-electron chi connectivity index (χ4n) is 3.65. The van der Waals surface area contributed by atoms with Crippen LogP contribution in [-0.2, 0) is 12.8 Å². The van der Waals surface area contributed by atoms with Crippen molar-refractivity contribution in [1.29, 1.82) is 0 Å². The normalized spacial score (nSPS) is 20.1. The number of nitrogens with zero attached hydrogens (tertiary/aromatic N) is 1. The monoisotopic (exact) mass is 259 g/mol. The Bertz CT molecular complexity index is 455. The molecule has 1 heterocycles. The van der Waals surface area contributed by atoms with Crippen LogP contribution in [-0.4, -0.2) is 23.3 Å². The molecule has 0 aromatic heterocycles. The van der Waals surface area contributed by atoms with Crippen LogP contribution in [0.4, 0.5) is 5.69 Å². The minimum Gasteiger partial charge on any atom is -0.390 e. The number of benzene rings is 1. The summed E-state index contributed by atoms with van der Waals surface area (Å²) >= 11 is 0. The van der Waals surface area contributed by atoms with Crippen molar-refractivity contribution < 1.29 is 5.11 Å². The molecule has 1 aliphatic heterocycles. The first-order valence-corrected chi connectivity index (χ1v) is 7.64. The molecule has 2 heteroatoms. The number of rotatable bonds is 3. The van der Waals surface area contributed by atoms with Crippen molar-refractivity contribution in [3.8, 4) is 0 Å². The SMILES string of the molecule is CC(C)(O)Cc1ccc2c(c1)N(C1CCCC1)CC2. The van der Waals surface area contributed by atoms with Crippen LogP contribution >= 0.6 is 0 Å². The Balaban J connectivity index is 1.84. The van der Waals surface area contributed by atoms with E-state index in [-0.39, 0.29) is 0 Å². The maximum Gasteiger partial charge on any atom is 0.0631 e. The van der Waals surface area contributed by atoms with Crippen molar-refractivity contribution in [2.24, 2.45) is 0 Å². The van der Waals surface area contributed by atoms with Crippen LogP contribution in [0.2, 0.25) is 0 Å². The molecule has 19 heavy (non-hydrogen) atoms. The highest BCUT2D eigenvalue weighted by Crippen LogP contribution is 2.36. The van der Waals surface area contributed by atoms with E-state index in [4.69, 9.17) is 0 Å². The van der Waals surface area contributed by atoms with E-state index in [1.165, 1.54) is 55.5 Å². The first kappa shape index (κ1) is 13.0. The van der Waals surface area contributed by atoms with Crippen molar-refractivity contribution in [1.82, 2.24) is 0 Å². The molecule has 1 saturated carbocycles. The Hall–Kier alpha value is -1.02. The molecule has 0 bridgehead atoms. The Morgan fingerprint density at radius 1 is 1.26 bits per heavy atom. The highest BCUT2D eigenvalue weighted by Gasteiger charge is 2.28. The summed E-state index contributed by atoms with van der Waals surface area (Å²) in [7, 11) is 0. The average molecular weight is 259 g/mol. The standard InChI is InChI=1S/C17H25NO/c1-17(2,19)12-13-7-8-14-9-10-18(16(14)11-13)15-5-3-4-6-15/h7-8,11,15,19H,3-6,9-10,12H2,1-2H3. The van der Waals surface area contributed by atoms with Gasteiger partial charge in [0, 0.05) is 24.7 Å². The summed E-state index contributed by atoms with van der Waals surface area (Å²) < 4.78 is 0. The topological polar surface area (TPSA) is 23.5 Å². The summed E-state index contributed by atoms with van der Waals surface area (Å²) in [5.41, 5.74) is 3.57. The van der Waals surface area contributed by atoms with E-state index in [9.17, 15) is 5.11 Å². The predicted molar refractivity (Wildman–Crippen MR) is 79.7 cm³/mol. The first-order chi connectivity index (χ1) is 9.03. The van der Waals surface area contributed by atoms with Crippen LogP contribution in [0.3, 0.4) is 0 Å². The van der Waals surface area contributed by atoms with E-state index in [1.54, 1.807) is 0 Å². The van der Waals surface area contributed by atoms with E-state index >= 15 is 0 Å². The van der Waals surface area contributed by atoms with Crippen molar-refractivity contribution in [2.45, 2.75) is 64.0 Å². The lowest BCUT2D eigenvalue weighted by atomic mass is 9.97. The summed E-state index contributed by atoms with van der Waals surface area (Å²) in [5, 5.41) is 9.98. The fraction of sp³-hybridized carbons (Fsp3) is 0.647. The van der Waals surface area contributed by atoms with Gasteiger partial charge in [0.2, 0.25) is 0 Å². The van der Waals surface area contributed by atoms with Crippen molar-refractivity contribution in [2.75, 3.05) is 11.4 Å². The van der Waals surface area contributed by atoms with Gasteiger partial charge in [-0.2, -0.15) is 0 Å². The third-order valence-electron chi connectivity index (χ3n) is 4.48. The van der Waals surface area contributed by atoms with Crippen LogP contribution < -0.4 is 4.90 Å². The summed E-state index contributed by atoms with van der Waals surface area (Å²) in [5.74, 6) is 0. The third-order valence-corrected chi connectivity index (χ3v) is 4.48. The number of hydrogen-bond donors (Lipinski definition) is 1. The van der Waals surface area contributed by atoms with E-state index in [1.807, 2.05) is 13.8 Å². The lowest BCUT2D eigenvalue weighted by Crippen LogP contribution is -2.31. The van der Waals surface area contributed by atoms with E-state index in [2.05, 4.69) is 23.1 Å². The third kappa shape index (κ3) is 2.79. The van der Waals surface area contributed by atoms with Gasteiger partial charge < -0.3 is 10.0 Å². The molecule has 104 valence electrons. The summed E-state index contributed by atoms with van der Waals surface area (Å²) in [6.45, 7) is 4.95. The molecule has 0 amide bonds. The van der Waals surface area contributed by atoms with Gasteiger partial charge in [-0.15, -0.1) is 0 Å². The molecular weight excluding hydrogens is 234 g/mol. The van der Waals surface area contributed by atoms with Crippen LogP contribution in [0.25, 0.3) is 0 Å². The van der Waals surface area contributed by atoms with Gasteiger partial charge in [-0.1, -0.05) is 25.0 Å².